The number of carboxylic acids is 1. The quantitative estimate of drug-likeness (QED) is 0.307. The number of carboxylic acid groups (broad SMARTS) is 1. The molecule has 0 radical (unpaired) electrons. The molecule has 1 rings (SSSR count). The highest BCUT2D eigenvalue weighted by Crippen LogP contribution is 2.12. The van der Waals surface area contributed by atoms with Crippen molar-refractivity contribution in [1.29, 1.82) is 0 Å². The molecule has 0 aromatic heterocycles. The molecule has 27 heavy (non-hydrogen) atoms. The van der Waals surface area contributed by atoms with Gasteiger partial charge in [0.15, 0.2) is 0 Å². The van der Waals surface area contributed by atoms with Crippen LogP contribution < -0.4 is 0 Å². The number of aromatic carboxylic acids is 1. The summed E-state index contributed by atoms with van der Waals surface area (Å²) < 4.78 is 0. The fraction of sp³-hybridized carbons (Fsp3) is 0.560. The molecule has 1 aromatic carbocycles. The van der Waals surface area contributed by atoms with Gasteiger partial charge in [-0.3, -0.25) is 0 Å². The van der Waals surface area contributed by atoms with Crippen LogP contribution in [0, 0.1) is 23.7 Å². The third-order valence-electron chi connectivity index (χ3n) is 4.62. The molecule has 0 unspecified atom stereocenters. The van der Waals surface area contributed by atoms with Crippen LogP contribution in [0.3, 0.4) is 0 Å². The Morgan fingerprint density at radius 1 is 0.852 bits per heavy atom. The van der Waals surface area contributed by atoms with E-state index < -0.39 is 5.97 Å². The molecule has 0 spiro atoms. The third kappa shape index (κ3) is 12.7. The lowest BCUT2D eigenvalue weighted by molar-refractivity contribution is 0.0697. The van der Waals surface area contributed by atoms with Gasteiger partial charge in [0.2, 0.25) is 0 Å². The van der Waals surface area contributed by atoms with E-state index in [9.17, 15) is 4.79 Å². The van der Waals surface area contributed by atoms with Gasteiger partial charge in [-0.1, -0.05) is 95.5 Å². The minimum Gasteiger partial charge on any atom is -0.478 e. The number of benzene rings is 1. The van der Waals surface area contributed by atoms with Crippen molar-refractivity contribution in [3.8, 4) is 23.7 Å². The number of unbranched alkanes of at least 4 members (excludes halogenated alkanes) is 12. The van der Waals surface area contributed by atoms with E-state index >= 15 is 0 Å². The van der Waals surface area contributed by atoms with Gasteiger partial charge in [0.25, 0.3) is 0 Å². The van der Waals surface area contributed by atoms with Gasteiger partial charge in [0, 0.05) is 12.0 Å². The Morgan fingerprint density at radius 2 is 1.44 bits per heavy atom. The van der Waals surface area contributed by atoms with Crippen LogP contribution in [0.2, 0.25) is 0 Å². The molecule has 1 N–H and O–H groups in total. The molecule has 0 aliphatic carbocycles. The van der Waals surface area contributed by atoms with Gasteiger partial charge in [-0.25, -0.2) is 4.79 Å². The molecule has 0 saturated heterocycles. The normalized spacial score (nSPS) is 9.81. The molecule has 0 fully saturated rings. The number of rotatable bonds is 13. The molecular formula is C25H34O2. The highest BCUT2D eigenvalue weighted by Gasteiger charge is 2.00. The van der Waals surface area contributed by atoms with E-state index in [1.54, 1.807) is 24.3 Å². The predicted octanol–water partition coefficient (Wildman–Crippen LogP) is 6.83. The summed E-state index contributed by atoms with van der Waals surface area (Å²) in [6, 6.07) is 6.63. The summed E-state index contributed by atoms with van der Waals surface area (Å²) in [5.74, 6) is 10.7. The molecule has 146 valence electrons. The fourth-order valence-corrected chi connectivity index (χ4v) is 2.99. The smallest absolute Gasteiger partial charge is 0.335 e. The van der Waals surface area contributed by atoms with Crippen molar-refractivity contribution in [3.63, 3.8) is 0 Å². The molecular weight excluding hydrogens is 332 g/mol. The van der Waals surface area contributed by atoms with Gasteiger partial charge in [-0.15, -0.1) is 0 Å². The second kappa shape index (κ2) is 16.0. The van der Waals surface area contributed by atoms with Gasteiger partial charge in [0.1, 0.15) is 0 Å². The van der Waals surface area contributed by atoms with Gasteiger partial charge in [0.05, 0.1) is 5.56 Å². The number of hydrogen-bond acceptors (Lipinski definition) is 1. The summed E-state index contributed by atoms with van der Waals surface area (Å²) in [4.78, 5) is 10.9. The van der Waals surface area contributed by atoms with E-state index in [2.05, 4.69) is 30.6 Å². The Kier molecular flexibility index (Phi) is 13.6. The van der Waals surface area contributed by atoms with Crippen LogP contribution >= 0.6 is 0 Å². The topological polar surface area (TPSA) is 37.3 Å². The van der Waals surface area contributed by atoms with Crippen molar-refractivity contribution in [2.45, 2.75) is 90.4 Å². The third-order valence-corrected chi connectivity index (χ3v) is 4.62. The van der Waals surface area contributed by atoms with E-state index in [1.807, 2.05) is 0 Å². The van der Waals surface area contributed by atoms with Crippen LogP contribution in [0.25, 0.3) is 0 Å². The first-order chi connectivity index (χ1) is 13.2. The molecule has 1 aromatic rings. The second-order valence-electron chi connectivity index (χ2n) is 7.08. The first-order valence-electron chi connectivity index (χ1n) is 10.6. The van der Waals surface area contributed by atoms with Crippen LogP contribution in [0.5, 0.6) is 0 Å². The van der Waals surface area contributed by atoms with Crippen molar-refractivity contribution in [1.82, 2.24) is 0 Å². The average Bonchev–Trinajstić information content (AvgIpc) is 2.68. The summed E-state index contributed by atoms with van der Waals surface area (Å²) >= 11 is 0. The van der Waals surface area contributed by atoms with E-state index in [1.165, 1.54) is 70.6 Å². The number of hydrogen-bond donors (Lipinski definition) is 1. The Hall–Kier alpha value is -2.19. The second-order valence-corrected chi connectivity index (χ2v) is 7.08. The van der Waals surface area contributed by atoms with Crippen LogP contribution in [-0.4, -0.2) is 11.1 Å². The van der Waals surface area contributed by atoms with Crippen LogP contribution in [0.1, 0.15) is 106 Å². The van der Waals surface area contributed by atoms with E-state index in [0.29, 0.717) is 5.56 Å². The monoisotopic (exact) mass is 366 g/mol. The molecule has 0 aliphatic rings. The lowest BCUT2D eigenvalue weighted by Gasteiger charge is -2.01. The zero-order chi connectivity index (χ0) is 19.6. The molecule has 0 saturated carbocycles. The van der Waals surface area contributed by atoms with Gasteiger partial charge in [-0.05, 0) is 36.5 Å². The standard InChI is InChI=1S/C25H34O2/c1-2-3-4-5-6-7-8-9-10-11-12-13-14-15-16-17-19-23-20-18-21-24(22-23)25(26)27/h18,20-22H,2-14H2,1H3,(H,26,27). The van der Waals surface area contributed by atoms with Crippen LogP contribution in [0.15, 0.2) is 24.3 Å². The van der Waals surface area contributed by atoms with Crippen molar-refractivity contribution in [2.75, 3.05) is 0 Å². The highest BCUT2D eigenvalue weighted by molar-refractivity contribution is 5.88. The summed E-state index contributed by atoms with van der Waals surface area (Å²) in [6.07, 6.45) is 17.1. The van der Waals surface area contributed by atoms with E-state index in [-0.39, 0.29) is 5.56 Å². The molecule has 0 amide bonds. The maximum absolute atomic E-state index is 10.9. The molecule has 2 heteroatoms. The number of carbonyl (C=O) groups is 1. The Balaban J connectivity index is 2.01. The lowest BCUT2D eigenvalue weighted by Crippen LogP contribution is -1.95. The Bertz CT molecular complexity index is 652. The van der Waals surface area contributed by atoms with E-state index in [4.69, 9.17) is 5.11 Å². The van der Waals surface area contributed by atoms with Crippen molar-refractivity contribution >= 4 is 5.97 Å². The molecule has 0 bridgehead atoms. The zero-order valence-electron chi connectivity index (χ0n) is 16.9. The van der Waals surface area contributed by atoms with Crippen molar-refractivity contribution < 1.29 is 9.90 Å². The molecule has 0 heterocycles. The summed E-state index contributed by atoms with van der Waals surface area (Å²) in [7, 11) is 0. The maximum atomic E-state index is 10.9. The molecule has 2 nitrogen and oxygen atoms in total. The zero-order valence-corrected chi connectivity index (χ0v) is 16.9. The predicted molar refractivity (Wildman–Crippen MR) is 114 cm³/mol. The minimum atomic E-state index is -0.934. The summed E-state index contributed by atoms with van der Waals surface area (Å²) in [5, 5.41) is 8.95. The Labute approximate surface area is 165 Å². The first-order valence-corrected chi connectivity index (χ1v) is 10.6. The highest BCUT2D eigenvalue weighted by atomic mass is 16.4. The minimum absolute atomic E-state index is 0.256. The summed E-state index contributed by atoms with van der Waals surface area (Å²) in [6.45, 7) is 2.27. The van der Waals surface area contributed by atoms with Crippen molar-refractivity contribution in [3.05, 3.63) is 35.4 Å². The first kappa shape index (κ1) is 22.9. The lowest BCUT2D eigenvalue weighted by atomic mass is 10.0. The Morgan fingerprint density at radius 3 is 2.04 bits per heavy atom. The van der Waals surface area contributed by atoms with Crippen LogP contribution in [-0.2, 0) is 0 Å². The molecule has 0 atom stereocenters. The fourth-order valence-electron chi connectivity index (χ4n) is 2.99. The molecule has 0 aliphatic heterocycles. The van der Waals surface area contributed by atoms with Crippen molar-refractivity contribution in [2.24, 2.45) is 0 Å². The van der Waals surface area contributed by atoms with Gasteiger partial charge < -0.3 is 5.11 Å². The SMILES string of the molecule is CCCCCCCCCCCCCCC#CC#Cc1cccc(C(=O)O)c1. The van der Waals surface area contributed by atoms with E-state index in [0.717, 1.165) is 12.8 Å². The maximum Gasteiger partial charge on any atom is 0.335 e. The average molecular weight is 367 g/mol. The van der Waals surface area contributed by atoms with Crippen LogP contribution in [0.4, 0.5) is 0 Å². The summed E-state index contributed by atoms with van der Waals surface area (Å²) in [5.41, 5.74) is 0.945. The van der Waals surface area contributed by atoms with Gasteiger partial charge in [-0.2, -0.15) is 0 Å². The van der Waals surface area contributed by atoms with Gasteiger partial charge >= 0.3 is 5.97 Å². The largest absolute Gasteiger partial charge is 0.478 e.